The van der Waals surface area contributed by atoms with E-state index in [0.717, 1.165) is 25.3 Å². The molecule has 0 aliphatic rings. The van der Waals surface area contributed by atoms with Crippen LogP contribution in [0.2, 0.25) is 0 Å². The van der Waals surface area contributed by atoms with E-state index in [-0.39, 0.29) is 5.41 Å². The number of benzene rings is 1. The summed E-state index contributed by atoms with van der Waals surface area (Å²) in [7, 11) is 0. The van der Waals surface area contributed by atoms with Gasteiger partial charge in [0.1, 0.15) is 5.75 Å². The van der Waals surface area contributed by atoms with Crippen LogP contribution in [0.3, 0.4) is 0 Å². The van der Waals surface area contributed by atoms with Gasteiger partial charge in [0.2, 0.25) is 0 Å². The maximum absolute atomic E-state index is 5.78. The lowest BCUT2D eigenvalue weighted by Gasteiger charge is -2.21. The molecular weight excluding hydrogens is 222 g/mol. The van der Waals surface area contributed by atoms with E-state index < -0.39 is 0 Å². The Kier molecular flexibility index (Phi) is 5.67. The molecule has 0 saturated carbocycles. The molecule has 0 heterocycles. The Morgan fingerprint density at radius 3 is 2.22 bits per heavy atom. The van der Waals surface area contributed by atoms with Gasteiger partial charge in [-0.2, -0.15) is 0 Å². The number of aryl methyl sites for hydroxylation is 2. The molecule has 0 amide bonds. The first-order chi connectivity index (χ1) is 8.43. The molecule has 2 nitrogen and oxygen atoms in total. The van der Waals surface area contributed by atoms with Gasteiger partial charge in [-0.25, -0.2) is 0 Å². The fourth-order valence-electron chi connectivity index (χ4n) is 2.01. The molecule has 1 rings (SSSR count). The number of ether oxygens (including phenoxy) is 1. The minimum Gasteiger partial charge on any atom is -0.494 e. The Balaban J connectivity index is 2.26. The Hall–Kier alpha value is -1.02. The summed E-state index contributed by atoms with van der Waals surface area (Å²) in [5.74, 6) is 0.991. The Morgan fingerprint density at radius 2 is 1.67 bits per heavy atom. The minimum absolute atomic E-state index is 0.264. The highest BCUT2D eigenvalue weighted by Gasteiger charge is 2.14. The highest BCUT2D eigenvalue weighted by atomic mass is 16.5. The third-order valence-corrected chi connectivity index (χ3v) is 3.26. The first-order valence-corrected chi connectivity index (χ1v) is 6.84. The van der Waals surface area contributed by atoms with Crippen LogP contribution in [0, 0.1) is 19.3 Å². The van der Waals surface area contributed by atoms with Crippen LogP contribution in [0.5, 0.6) is 5.75 Å². The van der Waals surface area contributed by atoms with Gasteiger partial charge in [0.25, 0.3) is 0 Å². The zero-order valence-electron chi connectivity index (χ0n) is 12.3. The quantitative estimate of drug-likeness (QED) is 0.745. The van der Waals surface area contributed by atoms with Crippen molar-refractivity contribution in [1.29, 1.82) is 0 Å². The van der Waals surface area contributed by atoms with Crippen molar-refractivity contribution in [2.45, 2.75) is 47.0 Å². The molecule has 0 unspecified atom stereocenters. The third-order valence-electron chi connectivity index (χ3n) is 3.26. The van der Waals surface area contributed by atoms with Gasteiger partial charge in [-0.05, 0) is 68.3 Å². The van der Waals surface area contributed by atoms with E-state index in [1.54, 1.807) is 0 Å². The van der Waals surface area contributed by atoms with Gasteiger partial charge in [-0.15, -0.1) is 0 Å². The SMILES string of the molecule is Cc1cc(C)cc(OCCCCC(C)(C)CN)c1. The van der Waals surface area contributed by atoms with Gasteiger partial charge < -0.3 is 10.5 Å². The van der Waals surface area contributed by atoms with E-state index in [1.165, 1.54) is 24.0 Å². The van der Waals surface area contributed by atoms with E-state index in [1.807, 2.05) is 0 Å². The average molecular weight is 249 g/mol. The standard InChI is InChI=1S/C16H27NO/c1-13-9-14(2)11-15(10-13)18-8-6-5-7-16(3,4)12-17/h9-11H,5-8,12,17H2,1-4H3. The molecule has 0 aliphatic carbocycles. The number of nitrogens with two attached hydrogens (primary N) is 1. The zero-order chi connectivity index (χ0) is 13.6. The lowest BCUT2D eigenvalue weighted by Crippen LogP contribution is -2.23. The fraction of sp³-hybridized carbons (Fsp3) is 0.625. The smallest absolute Gasteiger partial charge is 0.119 e. The predicted octanol–water partition coefficient (Wildman–Crippen LogP) is 3.84. The molecule has 18 heavy (non-hydrogen) atoms. The molecule has 1 aromatic carbocycles. The molecule has 1 aromatic rings. The number of unbranched alkanes of at least 4 members (excludes halogenated alkanes) is 1. The van der Waals surface area contributed by atoms with Crippen molar-refractivity contribution in [3.05, 3.63) is 29.3 Å². The average Bonchev–Trinajstić information content (AvgIpc) is 2.27. The van der Waals surface area contributed by atoms with Crippen molar-refractivity contribution in [2.24, 2.45) is 11.1 Å². The van der Waals surface area contributed by atoms with Crippen LogP contribution in [-0.2, 0) is 0 Å². The summed E-state index contributed by atoms with van der Waals surface area (Å²) in [5, 5.41) is 0. The van der Waals surface area contributed by atoms with Crippen molar-refractivity contribution in [1.82, 2.24) is 0 Å². The van der Waals surface area contributed by atoms with Crippen LogP contribution < -0.4 is 10.5 Å². The fourth-order valence-corrected chi connectivity index (χ4v) is 2.01. The lowest BCUT2D eigenvalue weighted by molar-refractivity contribution is 0.278. The summed E-state index contributed by atoms with van der Waals surface area (Å²) in [6.07, 6.45) is 3.44. The van der Waals surface area contributed by atoms with E-state index >= 15 is 0 Å². The second kappa shape index (κ2) is 6.79. The highest BCUT2D eigenvalue weighted by Crippen LogP contribution is 2.21. The minimum atomic E-state index is 0.264. The van der Waals surface area contributed by atoms with Crippen LogP contribution in [-0.4, -0.2) is 13.2 Å². The maximum atomic E-state index is 5.78. The van der Waals surface area contributed by atoms with Gasteiger partial charge in [0.15, 0.2) is 0 Å². The van der Waals surface area contributed by atoms with Gasteiger partial charge in [-0.1, -0.05) is 19.9 Å². The molecule has 0 aliphatic heterocycles. The molecule has 0 fully saturated rings. The molecule has 2 heteroatoms. The van der Waals surface area contributed by atoms with Crippen LogP contribution in [0.4, 0.5) is 0 Å². The van der Waals surface area contributed by atoms with E-state index in [4.69, 9.17) is 10.5 Å². The number of hydrogen-bond donors (Lipinski definition) is 1. The Bertz CT molecular complexity index is 351. The normalized spacial score (nSPS) is 11.6. The van der Waals surface area contributed by atoms with Gasteiger partial charge in [0.05, 0.1) is 6.61 Å². The van der Waals surface area contributed by atoms with Crippen LogP contribution in [0.25, 0.3) is 0 Å². The summed E-state index contributed by atoms with van der Waals surface area (Å²) >= 11 is 0. The summed E-state index contributed by atoms with van der Waals surface area (Å²) < 4.78 is 5.78. The van der Waals surface area contributed by atoms with Gasteiger partial charge >= 0.3 is 0 Å². The van der Waals surface area contributed by atoms with Crippen molar-refractivity contribution < 1.29 is 4.74 Å². The van der Waals surface area contributed by atoms with Crippen LogP contribution >= 0.6 is 0 Å². The van der Waals surface area contributed by atoms with Crippen molar-refractivity contribution in [3.63, 3.8) is 0 Å². The van der Waals surface area contributed by atoms with E-state index in [0.29, 0.717) is 0 Å². The largest absolute Gasteiger partial charge is 0.494 e. The van der Waals surface area contributed by atoms with Gasteiger partial charge in [0, 0.05) is 0 Å². The third kappa shape index (κ3) is 5.54. The van der Waals surface area contributed by atoms with Crippen molar-refractivity contribution in [2.75, 3.05) is 13.2 Å². The molecular formula is C16H27NO. The van der Waals surface area contributed by atoms with Crippen molar-refractivity contribution in [3.8, 4) is 5.75 Å². The molecule has 102 valence electrons. The Morgan fingerprint density at radius 1 is 1.06 bits per heavy atom. The monoisotopic (exact) mass is 249 g/mol. The number of rotatable bonds is 7. The summed E-state index contributed by atoms with van der Waals surface area (Å²) in [5.41, 5.74) is 8.50. The summed E-state index contributed by atoms with van der Waals surface area (Å²) in [6, 6.07) is 6.35. The van der Waals surface area contributed by atoms with Crippen molar-refractivity contribution >= 4 is 0 Å². The first-order valence-electron chi connectivity index (χ1n) is 6.84. The molecule has 2 N–H and O–H groups in total. The summed E-state index contributed by atoms with van der Waals surface area (Å²) in [4.78, 5) is 0. The van der Waals surface area contributed by atoms with Crippen LogP contribution in [0.1, 0.15) is 44.2 Å². The topological polar surface area (TPSA) is 35.2 Å². The molecule has 0 atom stereocenters. The molecule has 0 spiro atoms. The second-order valence-electron chi connectivity index (χ2n) is 6.00. The predicted molar refractivity (Wildman–Crippen MR) is 78.1 cm³/mol. The van der Waals surface area contributed by atoms with Crippen LogP contribution in [0.15, 0.2) is 18.2 Å². The number of hydrogen-bond acceptors (Lipinski definition) is 2. The molecule has 0 aromatic heterocycles. The lowest BCUT2D eigenvalue weighted by atomic mass is 9.87. The molecule has 0 saturated heterocycles. The van der Waals surface area contributed by atoms with E-state index in [9.17, 15) is 0 Å². The second-order valence-corrected chi connectivity index (χ2v) is 6.00. The molecule has 0 radical (unpaired) electrons. The zero-order valence-corrected chi connectivity index (χ0v) is 12.3. The first kappa shape index (κ1) is 15.0. The molecule has 0 bridgehead atoms. The maximum Gasteiger partial charge on any atom is 0.119 e. The van der Waals surface area contributed by atoms with E-state index in [2.05, 4.69) is 45.9 Å². The Labute approximate surface area is 112 Å². The highest BCUT2D eigenvalue weighted by molar-refractivity contribution is 5.32. The summed E-state index contributed by atoms with van der Waals surface area (Å²) in [6.45, 7) is 10.2. The van der Waals surface area contributed by atoms with Gasteiger partial charge in [-0.3, -0.25) is 0 Å².